The van der Waals surface area contributed by atoms with E-state index < -0.39 is 0 Å². The van der Waals surface area contributed by atoms with Crippen molar-refractivity contribution in [3.05, 3.63) is 28.8 Å². The van der Waals surface area contributed by atoms with Gasteiger partial charge in [0.15, 0.2) is 0 Å². The number of benzene rings is 1. The van der Waals surface area contributed by atoms with Gasteiger partial charge in [-0.1, -0.05) is 24.4 Å². The Morgan fingerprint density at radius 2 is 2.12 bits per heavy atom. The first-order chi connectivity index (χ1) is 8.16. The predicted octanol–water partition coefficient (Wildman–Crippen LogP) is 3.19. The molecule has 0 unspecified atom stereocenters. The van der Waals surface area contributed by atoms with Crippen molar-refractivity contribution in [2.24, 2.45) is 11.7 Å². The van der Waals surface area contributed by atoms with Crippen LogP contribution in [-0.2, 0) is 0 Å². The van der Waals surface area contributed by atoms with Gasteiger partial charge in [-0.2, -0.15) is 0 Å². The van der Waals surface area contributed by atoms with Gasteiger partial charge in [0.2, 0.25) is 0 Å². The lowest BCUT2D eigenvalue weighted by atomic mass is 10.1. The summed E-state index contributed by atoms with van der Waals surface area (Å²) < 4.78 is 5.71. The zero-order chi connectivity index (χ0) is 12.3. The predicted molar refractivity (Wildman–Crippen MR) is 69.9 cm³/mol. The molecular formula is C13H17ClN2O. The van der Waals surface area contributed by atoms with Gasteiger partial charge in [0.05, 0.1) is 11.6 Å². The summed E-state index contributed by atoms with van der Waals surface area (Å²) in [5.74, 6) is 1.37. The van der Waals surface area contributed by atoms with Crippen LogP contribution in [0.3, 0.4) is 0 Å². The van der Waals surface area contributed by atoms with Crippen LogP contribution in [0, 0.1) is 11.3 Å². The van der Waals surface area contributed by atoms with Crippen molar-refractivity contribution in [3.8, 4) is 5.75 Å². The Morgan fingerprint density at radius 1 is 1.41 bits per heavy atom. The fraction of sp³-hybridized carbons (Fsp3) is 0.462. The van der Waals surface area contributed by atoms with E-state index in [9.17, 15) is 0 Å². The second kappa shape index (κ2) is 5.41. The summed E-state index contributed by atoms with van der Waals surface area (Å²) in [5, 5.41) is 7.84. The van der Waals surface area contributed by atoms with Gasteiger partial charge in [0.25, 0.3) is 0 Å². The van der Waals surface area contributed by atoms with Crippen LogP contribution in [0.2, 0.25) is 5.02 Å². The van der Waals surface area contributed by atoms with Crippen LogP contribution >= 0.6 is 11.6 Å². The maximum atomic E-state index is 7.32. The summed E-state index contributed by atoms with van der Waals surface area (Å²) in [5.41, 5.74) is 6.02. The van der Waals surface area contributed by atoms with E-state index in [0.29, 0.717) is 22.3 Å². The number of nitrogens with two attached hydrogens (primary N) is 1. The Labute approximate surface area is 106 Å². The van der Waals surface area contributed by atoms with Crippen molar-refractivity contribution in [2.75, 3.05) is 6.61 Å². The summed E-state index contributed by atoms with van der Waals surface area (Å²) >= 11 is 6.08. The Hall–Kier alpha value is -1.22. The molecule has 1 aliphatic carbocycles. The average molecular weight is 253 g/mol. The SMILES string of the molecule is N=C(N)c1ccc(OCC2CCCC2)c(Cl)c1. The molecule has 17 heavy (non-hydrogen) atoms. The van der Waals surface area contributed by atoms with Crippen LogP contribution in [0.4, 0.5) is 0 Å². The number of rotatable bonds is 4. The van der Waals surface area contributed by atoms with Crippen LogP contribution in [0.1, 0.15) is 31.2 Å². The highest BCUT2D eigenvalue weighted by Gasteiger charge is 2.16. The maximum Gasteiger partial charge on any atom is 0.137 e. The molecule has 0 atom stereocenters. The lowest BCUT2D eigenvalue weighted by Gasteiger charge is -2.13. The molecule has 2 rings (SSSR count). The number of ether oxygens (including phenoxy) is 1. The quantitative estimate of drug-likeness (QED) is 0.639. The summed E-state index contributed by atoms with van der Waals surface area (Å²) in [7, 11) is 0. The lowest BCUT2D eigenvalue weighted by molar-refractivity contribution is 0.252. The Kier molecular flexibility index (Phi) is 3.89. The lowest BCUT2D eigenvalue weighted by Crippen LogP contribution is -2.11. The molecule has 4 heteroatoms. The number of nitrogen functional groups attached to an aromatic ring is 1. The highest BCUT2D eigenvalue weighted by molar-refractivity contribution is 6.32. The molecule has 1 aliphatic rings. The van der Waals surface area contributed by atoms with E-state index in [0.717, 1.165) is 6.61 Å². The highest BCUT2D eigenvalue weighted by Crippen LogP contribution is 2.29. The molecule has 3 N–H and O–H groups in total. The van der Waals surface area contributed by atoms with Crippen molar-refractivity contribution < 1.29 is 4.74 Å². The summed E-state index contributed by atoms with van der Waals surface area (Å²) in [6.45, 7) is 0.735. The normalized spacial score (nSPS) is 16.1. The molecule has 0 aromatic heterocycles. The van der Waals surface area contributed by atoms with Crippen LogP contribution in [0.25, 0.3) is 0 Å². The molecule has 92 valence electrons. The molecule has 0 heterocycles. The Bertz CT molecular complexity index is 414. The largest absolute Gasteiger partial charge is 0.492 e. The van der Waals surface area contributed by atoms with E-state index in [4.69, 9.17) is 27.5 Å². The molecular weight excluding hydrogens is 236 g/mol. The molecule has 1 fully saturated rings. The molecule has 0 amide bonds. The van der Waals surface area contributed by atoms with Crippen LogP contribution in [0.15, 0.2) is 18.2 Å². The van der Waals surface area contributed by atoms with Gasteiger partial charge in [0, 0.05) is 5.56 Å². The van der Waals surface area contributed by atoms with E-state index >= 15 is 0 Å². The number of hydrogen-bond acceptors (Lipinski definition) is 2. The van der Waals surface area contributed by atoms with Gasteiger partial charge in [-0.15, -0.1) is 0 Å². The van der Waals surface area contributed by atoms with E-state index in [2.05, 4.69) is 0 Å². The van der Waals surface area contributed by atoms with Crippen molar-refractivity contribution in [1.29, 1.82) is 5.41 Å². The fourth-order valence-electron chi connectivity index (χ4n) is 2.17. The number of hydrogen-bond donors (Lipinski definition) is 2. The average Bonchev–Trinajstić information content (AvgIpc) is 2.80. The van der Waals surface area contributed by atoms with E-state index in [1.165, 1.54) is 25.7 Å². The van der Waals surface area contributed by atoms with Gasteiger partial charge in [-0.25, -0.2) is 0 Å². The summed E-state index contributed by atoms with van der Waals surface area (Å²) in [4.78, 5) is 0. The first-order valence-electron chi connectivity index (χ1n) is 5.93. The van der Waals surface area contributed by atoms with E-state index in [1.807, 2.05) is 0 Å². The third-order valence-electron chi connectivity index (χ3n) is 3.19. The van der Waals surface area contributed by atoms with Crippen molar-refractivity contribution in [2.45, 2.75) is 25.7 Å². The van der Waals surface area contributed by atoms with Crippen molar-refractivity contribution in [3.63, 3.8) is 0 Å². The van der Waals surface area contributed by atoms with Crippen LogP contribution in [-0.4, -0.2) is 12.4 Å². The van der Waals surface area contributed by atoms with Gasteiger partial charge in [0.1, 0.15) is 11.6 Å². The smallest absolute Gasteiger partial charge is 0.137 e. The van der Waals surface area contributed by atoms with Crippen molar-refractivity contribution in [1.82, 2.24) is 0 Å². The van der Waals surface area contributed by atoms with E-state index in [1.54, 1.807) is 18.2 Å². The fourth-order valence-corrected chi connectivity index (χ4v) is 2.41. The first kappa shape index (κ1) is 12.2. The second-order valence-corrected chi connectivity index (χ2v) is 4.93. The molecule has 0 spiro atoms. The summed E-state index contributed by atoms with van der Waals surface area (Å²) in [6, 6.07) is 5.22. The van der Waals surface area contributed by atoms with Gasteiger partial charge >= 0.3 is 0 Å². The van der Waals surface area contributed by atoms with E-state index in [-0.39, 0.29) is 5.84 Å². The van der Waals surface area contributed by atoms with Crippen molar-refractivity contribution >= 4 is 17.4 Å². The number of amidine groups is 1. The molecule has 3 nitrogen and oxygen atoms in total. The molecule has 1 aromatic carbocycles. The molecule has 0 aliphatic heterocycles. The maximum absolute atomic E-state index is 7.32. The Morgan fingerprint density at radius 3 is 2.71 bits per heavy atom. The highest BCUT2D eigenvalue weighted by atomic mass is 35.5. The first-order valence-corrected chi connectivity index (χ1v) is 6.31. The minimum atomic E-state index is 0.0224. The molecule has 1 aromatic rings. The number of nitrogens with one attached hydrogen (secondary N) is 1. The zero-order valence-corrected chi connectivity index (χ0v) is 10.5. The minimum Gasteiger partial charge on any atom is -0.492 e. The second-order valence-electron chi connectivity index (χ2n) is 4.52. The molecule has 1 saturated carbocycles. The summed E-state index contributed by atoms with van der Waals surface area (Å²) in [6.07, 6.45) is 5.13. The third kappa shape index (κ3) is 3.13. The molecule has 0 bridgehead atoms. The van der Waals surface area contributed by atoms with Crippen LogP contribution < -0.4 is 10.5 Å². The topological polar surface area (TPSA) is 59.1 Å². The van der Waals surface area contributed by atoms with Gasteiger partial charge < -0.3 is 10.5 Å². The number of halogens is 1. The standard InChI is InChI=1S/C13H17ClN2O/c14-11-7-10(13(15)16)5-6-12(11)17-8-9-3-1-2-4-9/h5-7,9H,1-4,8H2,(H3,15,16). The molecule has 0 radical (unpaired) electrons. The zero-order valence-electron chi connectivity index (χ0n) is 9.71. The van der Waals surface area contributed by atoms with Gasteiger partial charge in [-0.05, 0) is 37.0 Å². The van der Waals surface area contributed by atoms with Crippen LogP contribution in [0.5, 0.6) is 5.75 Å². The van der Waals surface area contributed by atoms with Gasteiger partial charge in [-0.3, -0.25) is 5.41 Å². The Balaban J connectivity index is 1.98. The monoisotopic (exact) mass is 252 g/mol. The molecule has 0 saturated heterocycles. The third-order valence-corrected chi connectivity index (χ3v) is 3.49. The minimum absolute atomic E-state index is 0.0224.